The molecule has 2 N–H and O–H groups in total. The molecule has 1 aromatic heterocycles. The van der Waals surface area contributed by atoms with Crippen molar-refractivity contribution in [3.8, 4) is 0 Å². The molecule has 0 saturated carbocycles. The van der Waals surface area contributed by atoms with Gasteiger partial charge >= 0.3 is 0 Å². The van der Waals surface area contributed by atoms with E-state index in [1.54, 1.807) is 29.8 Å². The number of amides is 1. The van der Waals surface area contributed by atoms with Crippen molar-refractivity contribution in [1.82, 2.24) is 4.90 Å². The number of carbonyl (C=O) groups excluding carboxylic acids is 1. The zero-order valence-corrected chi connectivity index (χ0v) is 13.2. The van der Waals surface area contributed by atoms with E-state index in [0.717, 1.165) is 15.8 Å². The van der Waals surface area contributed by atoms with Gasteiger partial charge in [0.1, 0.15) is 4.88 Å². The molecule has 102 valence electrons. The first-order valence-electron chi connectivity index (χ1n) is 5.77. The molecule has 1 heterocycles. The number of carbonyl (C=O) groups is 1. The predicted molar refractivity (Wildman–Crippen MR) is 86.6 cm³/mol. The number of anilines is 1. The molecule has 0 aliphatic carbocycles. The zero-order valence-electron chi connectivity index (χ0n) is 10.8. The number of thiophene rings is 1. The zero-order chi connectivity index (χ0) is 14.0. The van der Waals surface area contributed by atoms with E-state index in [1.807, 2.05) is 18.4 Å². The van der Waals surface area contributed by atoms with E-state index in [4.69, 9.17) is 17.3 Å². The van der Waals surface area contributed by atoms with Gasteiger partial charge in [0.2, 0.25) is 0 Å². The Kier molecular flexibility index (Phi) is 4.60. The van der Waals surface area contributed by atoms with Crippen molar-refractivity contribution in [3.63, 3.8) is 0 Å². The van der Waals surface area contributed by atoms with E-state index in [2.05, 4.69) is 0 Å². The van der Waals surface area contributed by atoms with Crippen LogP contribution in [0.3, 0.4) is 0 Å². The molecule has 0 spiro atoms. The number of benzene rings is 1. The summed E-state index contributed by atoms with van der Waals surface area (Å²) in [5.74, 6) is 0.872. The number of nitrogen functional groups attached to an aromatic ring is 1. The Balaban J connectivity index is 2.38. The highest BCUT2D eigenvalue weighted by molar-refractivity contribution is 7.98. The molecule has 1 aromatic carbocycles. The average molecular weight is 315 g/mol. The molecular weight excluding hydrogens is 300 g/mol. The molecule has 0 saturated heterocycles. The number of nitrogens with two attached hydrogens (primary N) is 1. The van der Waals surface area contributed by atoms with Gasteiger partial charge in [0, 0.05) is 29.4 Å². The molecular formula is C13H15ClN2OS2. The van der Waals surface area contributed by atoms with Crippen molar-refractivity contribution >= 4 is 56.4 Å². The summed E-state index contributed by atoms with van der Waals surface area (Å²) in [6.07, 6.45) is 2.02. The molecule has 2 aromatic rings. The highest BCUT2D eigenvalue weighted by Crippen LogP contribution is 2.38. The van der Waals surface area contributed by atoms with E-state index in [-0.39, 0.29) is 5.91 Å². The van der Waals surface area contributed by atoms with Crippen LogP contribution in [-0.4, -0.2) is 36.4 Å². The van der Waals surface area contributed by atoms with Crippen LogP contribution in [0.2, 0.25) is 5.02 Å². The monoisotopic (exact) mass is 314 g/mol. The normalized spacial score (nSPS) is 10.9. The van der Waals surface area contributed by atoms with Crippen LogP contribution in [0.25, 0.3) is 10.1 Å². The van der Waals surface area contributed by atoms with Crippen molar-refractivity contribution < 1.29 is 4.79 Å². The van der Waals surface area contributed by atoms with Crippen molar-refractivity contribution in [3.05, 3.63) is 28.1 Å². The molecule has 0 unspecified atom stereocenters. The summed E-state index contributed by atoms with van der Waals surface area (Å²) < 4.78 is 0.951. The van der Waals surface area contributed by atoms with E-state index in [0.29, 0.717) is 22.1 Å². The van der Waals surface area contributed by atoms with Crippen molar-refractivity contribution in [1.29, 1.82) is 0 Å². The van der Waals surface area contributed by atoms with Gasteiger partial charge in [0.05, 0.1) is 10.7 Å². The Hall–Kier alpha value is -0.910. The average Bonchev–Trinajstić information content (AvgIpc) is 2.73. The standard InChI is InChI=1S/C13H15ClN2OS2/c1-16(6-7-18-2)13(17)12-11(15)10-8(14)4-3-5-9(10)19-12/h3-5H,6-7,15H2,1-2H3. The quantitative estimate of drug-likeness (QED) is 0.938. The third-order valence-corrected chi connectivity index (χ3v) is 4.94. The second kappa shape index (κ2) is 6.03. The van der Waals surface area contributed by atoms with Gasteiger partial charge < -0.3 is 10.6 Å². The summed E-state index contributed by atoms with van der Waals surface area (Å²) in [6, 6.07) is 5.59. The smallest absolute Gasteiger partial charge is 0.265 e. The second-order valence-corrected chi connectivity index (χ2v) is 6.62. The Labute approximate surface area is 125 Å². The molecule has 0 radical (unpaired) electrons. The minimum absolute atomic E-state index is 0.0381. The van der Waals surface area contributed by atoms with Crippen LogP contribution in [0.5, 0.6) is 0 Å². The molecule has 0 aliphatic rings. The fourth-order valence-electron chi connectivity index (χ4n) is 1.79. The first-order valence-corrected chi connectivity index (χ1v) is 8.36. The number of hydrogen-bond acceptors (Lipinski definition) is 4. The van der Waals surface area contributed by atoms with Gasteiger partial charge in [0.15, 0.2) is 0 Å². The number of thioether (sulfide) groups is 1. The van der Waals surface area contributed by atoms with Crippen LogP contribution in [0, 0.1) is 0 Å². The van der Waals surface area contributed by atoms with Crippen molar-refractivity contribution in [2.45, 2.75) is 0 Å². The summed E-state index contributed by atoms with van der Waals surface area (Å²) in [5, 5.41) is 1.38. The number of hydrogen-bond donors (Lipinski definition) is 1. The number of fused-ring (bicyclic) bond motifs is 1. The highest BCUT2D eigenvalue weighted by Gasteiger charge is 2.20. The maximum atomic E-state index is 12.4. The van der Waals surface area contributed by atoms with E-state index in [9.17, 15) is 4.79 Å². The Bertz CT molecular complexity index is 612. The van der Waals surface area contributed by atoms with Crippen LogP contribution in [-0.2, 0) is 0 Å². The highest BCUT2D eigenvalue weighted by atomic mass is 35.5. The van der Waals surface area contributed by atoms with Gasteiger partial charge in [-0.3, -0.25) is 4.79 Å². The van der Waals surface area contributed by atoms with E-state index < -0.39 is 0 Å². The fourth-order valence-corrected chi connectivity index (χ4v) is 3.72. The maximum absolute atomic E-state index is 12.4. The van der Waals surface area contributed by atoms with Crippen molar-refractivity contribution in [2.24, 2.45) is 0 Å². The molecule has 0 fully saturated rings. The minimum Gasteiger partial charge on any atom is -0.397 e. The third kappa shape index (κ3) is 2.83. The number of rotatable bonds is 4. The molecule has 6 heteroatoms. The number of halogens is 1. The molecule has 19 heavy (non-hydrogen) atoms. The topological polar surface area (TPSA) is 46.3 Å². The van der Waals surface area contributed by atoms with E-state index >= 15 is 0 Å². The molecule has 0 aliphatic heterocycles. The van der Waals surface area contributed by atoms with Gasteiger partial charge in [-0.2, -0.15) is 11.8 Å². The second-order valence-electron chi connectivity index (χ2n) is 4.18. The lowest BCUT2D eigenvalue weighted by Crippen LogP contribution is -2.28. The minimum atomic E-state index is -0.0381. The summed E-state index contributed by atoms with van der Waals surface area (Å²) in [6.45, 7) is 0.710. The Morgan fingerprint density at radius 3 is 2.89 bits per heavy atom. The first kappa shape index (κ1) is 14.5. The van der Waals surface area contributed by atoms with Gasteiger partial charge in [-0.25, -0.2) is 0 Å². The SMILES string of the molecule is CSCCN(C)C(=O)c1sc2cccc(Cl)c2c1N. The fraction of sp³-hybridized carbons (Fsp3) is 0.308. The van der Waals surface area contributed by atoms with Crippen LogP contribution in [0.4, 0.5) is 5.69 Å². The maximum Gasteiger partial charge on any atom is 0.265 e. The summed E-state index contributed by atoms with van der Waals surface area (Å²) in [4.78, 5) is 14.6. The number of nitrogens with zero attached hydrogens (tertiary/aromatic N) is 1. The predicted octanol–water partition coefficient (Wildman–Crippen LogP) is 3.57. The molecule has 0 atom stereocenters. The van der Waals surface area contributed by atoms with Crippen LogP contribution < -0.4 is 5.73 Å². The summed E-state index contributed by atoms with van der Waals surface area (Å²) >= 11 is 9.25. The Morgan fingerprint density at radius 1 is 1.53 bits per heavy atom. The lowest BCUT2D eigenvalue weighted by molar-refractivity contribution is 0.0809. The van der Waals surface area contributed by atoms with Crippen LogP contribution in [0.1, 0.15) is 9.67 Å². The van der Waals surface area contributed by atoms with Crippen molar-refractivity contribution in [2.75, 3.05) is 31.3 Å². The lowest BCUT2D eigenvalue weighted by Gasteiger charge is -2.15. The van der Waals surface area contributed by atoms with Gasteiger partial charge in [-0.15, -0.1) is 11.3 Å². The molecule has 1 amide bonds. The van der Waals surface area contributed by atoms with Gasteiger partial charge in [0.25, 0.3) is 5.91 Å². The van der Waals surface area contributed by atoms with Crippen LogP contribution in [0.15, 0.2) is 18.2 Å². The van der Waals surface area contributed by atoms with Gasteiger partial charge in [-0.1, -0.05) is 17.7 Å². The summed E-state index contributed by atoms with van der Waals surface area (Å²) in [7, 11) is 1.80. The van der Waals surface area contributed by atoms with Gasteiger partial charge in [-0.05, 0) is 18.4 Å². The Morgan fingerprint density at radius 2 is 2.26 bits per heavy atom. The van der Waals surface area contributed by atoms with Crippen LogP contribution >= 0.6 is 34.7 Å². The third-order valence-electron chi connectivity index (χ3n) is 2.87. The summed E-state index contributed by atoms with van der Waals surface area (Å²) in [5.41, 5.74) is 6.57. The molecule has 2 rings (SSSR count). The van der Waals surface area contributed by atoms with E-state index in [1.165, 1.54) is 11.3 Å². The lowest BCUT2D eigenvalue weighted by atomic mass is 10.2. The molecule has 3 nitrogen and oxygen atoms in total. The molecule has 0 bridgehead atoms. The first-order chi connectivity index (χ1) is 9.06. The largest absolute Gasteiger partial charge is 0.397 e.